The maximum atomic E-state index is 7.62. The van der Waals surface area contributed by atoms with E-state index in [1.807, 2.05) is 0 Å². The highest BCUT2D eigenvalue weighted by molar-refractivity contribution is 4.56. The summed E-state index contributed by atoms with van der Waals surface area (Å²) in [6, 6.07) is 0. The van der Waals surface area contributed by atoms with Crippen molar-refractivity contribution in [3.05, 3.63) is 12.5 Å². The van der Waals surface area contributed by atoms with Gasteiger partial charge in [-0.1, -0.05) is 0 Å². The van der Waals surface area contributed by atoms with E-state index in [9.17, 15) is 0 Å². The van der Waals surface area contributed by atoms with Crippen molar-refractivity contribution in [3.8, 4) is 0 Å². The minimum atomic E-state index is -0.125. The summed E-state index contributed by atoms with van der Waals surface area (Å²) in [6.07, 6.45) is 2.92. The molecule has 0 spiro atoms. The van der Waals surface area contributed by atoms with Crippen LogP contribution in [0.2, 0.25) is 0 Å². The van der Waals surface area contributed by atoms with Crippen molar-refractivity contribution in [1.82, 2.24) is 0 Å². The molecule has 62 valence electrons. The highest BCUT2D eigenvalue weighted by Gasteiger charge is 1.58. The van der Waals surface area contributed by atoms with Gasteiger partial charge in [-0.3, -0.25) is 0 Å². The van der Waals surface area contributed by atoms with Crippen molar-refractivity contribution in [1.29, 1.82) is 0 Å². The fraction of sp³-hybridized carbons (Fsp3) is 0.667. The predicted molar refractivity (Wildman–Crippen MR) is 37.3 cm³/mol. The topological polar surface area (TPSA) is 58.9 Å². The Morgan fingerprint density at radius 2 is 1.30 bits per heavy atom. The second-order valence-electron chi connectivity index (χ2n) is 1.19. The van der Waals surface area contributed by atoms with Crippen LogP contribution in [0.3, 0.4) is 0 Å². The molecule has 4 nitrogen and oxygen atoms in total. The maximum Gasteiger partial charge on any atom is 0.117 e. The van der Waals surface area contributed by atoms with Gasteiger partial charge in [-0.05, 0) is 0 Å². The highest BCUT2D eigenvalue weighted by Crippen LogP contribution is 1.68. The smallest absolute Gasteiger partial charge is 0.117 e. The van der Waals surface area contributed by atoms with Crippen LogP contribution in [0, 0.1) is 0 Å². The Kier molecular flexibility index (Phi) is 18.9. The van der Waals surface area contributed by atoms with E-state index < -0.39 is 0 Å². The molecule has 4 heteroatoms. The molecule has 0 heterocycles. The molecule has 0 amide bonds. The molecule has 0 aliphatic rings. The van der Waals surface area contributed by atoms with Gasteiger partial charge in [0, 0.05) is 0 Å². The zero-order valence-corrected chi connectivity index (χ0v) is 6.28. The van der Waals surface area contributed by atoms with Crippen LogP contribution in [-0.4, -0.2) is 37.6 Å². The van der Waals surface area contributed by atoms with Crippen molar-refractivity contribution in [2.75, 3.05) is 27.4 Å². The van der Waals surface area contributed by atoms with E-state index in [1.165, 1.54) is 12.5 Å². The van der Waals surface area contributed by atoms with E-state index >= 15 is 0 Å². The first-order valence-corrected chi connectivity index (χ1v) is 2.75. The molecule has 0 aliphatic carbocycles. The summed E-state index contributed by atoms with van der Waals surface area (Å²) in [5.41, 5.74) is 0. The number of hydrogen-bond donors (Lipinski definition) is 2. The standard InChI is InChI=1S/C4H8O2.C2H6O2/c1-5-3-4-6-2;3-1-2-4/h3-4H,1-2H3;3-4H,1-2H2/b4-3+;. The quantitative estimate of drug-likeness (QED) is 0.543. The Morgan fingerprint density at radius 1 is 1.00 bits per heavy atom. The fourth-order valence-electron chi connectivity index (χ4n) is 0.111. The maximum absolute atomic E-state index is 7.62. The summed E-state index contributed by atoms with van der Waals surface area (Å²) >= 11 is 0. The number of aliphatic hydroxyl groups is 2. The number of methoxy groups -OCH3 is 2. The lowest BCUT2D eigenvalue weighted by molar-refractivity contribution is 0.186. The van der Waals surface area contributed by atoms with E-state index in [2.05, 4.69) is 9.47 Å². The number of aliphatic hydroxyl groups excluding tert-OH is 2. The lowest BCUT2D eigenvalue weighted by Crippen LogP contribution is -1.85. The molecule has 0 bridgehead atoms. The van der Waals surface area contributed by atoms with Gasteiger partial charge in [0.15, 0.2) is 0 Å². The molecule has 0 radical (unpaired) electrons. The summed E-state index contributed by atoms with van der Waals surface area (Å²) in [5.74, 6) is 0. The first kappa shape index (κ1) is 12.0. The van der Waals surface area contributed by atoms with E-state index in [0.717, 1.165) is 0 Å². The zero-order chi connectivity index (χ0) is 8.24. The number of hydrogen-bond acceptors (Lipinski definition) is 4. The van der Waals surface area contributed by atoms with E-state index in [4.69, 9.17) is 10.2 Å². The number of ether oxygens (including phenoxy) is 2. The number of rotatable bonds is 3. The van der Waals surface area contributed by atoms with Gasteiger partial charge in [0.2, 0.25) is 0 Å². The predicted octanol–water partition coefficient (Wildman–Crippen LogP) is -0.279. The molecule has 0 atom stereocenters. The summed E-state index contributed by atoms with van der Waals surface area (Å²) in [5, 5.41) is 15.2. The lowest BCUT2D eigenvalue weighted by Gasteiger charge is -1.83. The van der Waals surface area contributed by atoms with Crippen LogP contribution in [0.4, 0.5) is 0 Å². The monoisotopic (exact) mass is 150 g/mol. The minimum absolute atomic E-state index is 0.125. The second-order valence-corrected chi connectivity index (χ2v) is 1.19. The van der Waals surface area contributed by atoms with Crippen LogP contribution in [0.1, 0.15) is 0 Å². The van der Waals surface area contributed by atoms with Crippen LogP contribution < -0.4 is 0 Å². The Bertz CT molecular complexity index is 54.8. The molecule has 0 aliphatic heterocycles. The van der Waals surface area contributed by atoms with Gasteiger partial charge in [0.25, 0.3) is 0 Å². The van der Waals surface area contributed by atoms with Gasteiger partial charge in [-0.25, -0.2) is 0 Å². The largest absolute Gasteiger partial charge is 0.501 e. The van der Waals surface area contributed by atoms with Gasteiger partial charge in [-0.15, -0.1) is 0 Å². The third-order valence-electron chi connectivity index (χ3n) is 0.428. The third kappa shape index (κ3) is 26.8. The Morgan fingerprint density at radius 3 is 1.40 bits per heavy atom. The van der Waals surface area contributed by atoms with Gasteiger partial charge in [-0.2, -0.15) is 0 Å². The molecule has 0 saturated carbocycles. The molecule has 10 heavy (non-hydrogen) atoms. The summed E-state index contributed by atoms with van der Waals surface area (Å²) in [7, 11) is 3.13. The fourth-order valence-corrected chi connectivity index (χ4v) is 0.111. The Hall–Kier alpha value is -0.740. The van der Waals surface area contributed by atoms with Crippen molar-refractivity contribution >= 4 is 0 Å². The van der Waals surface area contributed by atoms with Crippen LogP contribution in [0.5, 0.6) is 0 Å². The highest BCUT2D eigenvalue weighted by atomic mass is 16.5. The molecule has 0 fully saturated rings. The van der Waals surface area contributed by atoms with E-state index in [-0.39, 0.29) is 13.2 Å². The van der Waals surface area contributed by atoms with Gasteiger partial charge < -0.3 is 19.7 Å². The SMILES string of the molecule is CO/C=C/OC.OCCO. The van der Waals surface area contributed by atoms with Crippen LogP contribution in [0.15, 0.2) is 12.5 Å². The molecule has 0 saturated heterocycles. The zero-order valence-electron chi connectivity index (χ0n) is 6.28. The molecular formula is C6H14O4. The molecule has 0 aromatic rings. The summed E-state index contributed by atoms with van der Waals surface area (Å²) < 4.78 is 8.95. The summed E-state index contributed by atoms with van der Waals surface area (Å²) in [4.78, 5) is 0. The van der Waals surface area contributed by atoms with Crippen LogP contribution in [0.25, 0.3) is 0 Å². The molecule has 0 unspecified atom stereocenters. The van der Waals surface area contributed by atoms with Gasteiger partial charge in [0.1, 0.15) is 12.5 Å². The van der Waals surface area contributed by atoms with Crippen LogP contribution in [-0.2, 0) is 9.47 Å². The first-order chi connectivity index (χ1) is 4.83. The summed E-state index contributed by atoms with van der Waals surface area (Å²) in [6.45, 7) is -0.250. The first-order valence-electron chi connectivity index (χ1n) is 2.75. The average Bonchev–Trinajstić information content (AvgIpc) is 2.01. The minimum Gasteiger partial charge on any atom is -0.501 e. The third-order valence-corrected chi connectivity index (χ3v) is 0.428. The normalized spacial score (nSPS) is 8.40. The van der Waals surface area contributed by atoms with Crippen molar-refractivity contribution in [2.24, 2.45) is 0 Å². The van der Waals surface area contributed by atoms with Crippen molar-refractivity contribution in [3.63, 3.8) is 0 Å². The molecule has 0 aromatic carbocycles. The van der Waals surface area contributed by atoms with E-state index in [1.54, 1.807) is 14.2 Å². The Balaban J connectivity index is 0. The van der Waals surface area contributed by atoms with Crippen molar-refractivity contribution in [2.45, 2.75) is 0 Å². The average molecular weight is 150 g/mol. The molecule has 0 aromatic heterocycles. The lowest BCUT2D eigenvalue weighted by atomic mass is 10.8. The van der Waals surface area contributed by atoms with Gasteiger partial charge >= 0.3 is 0 Å². The van der Waals surface area contributed by atoms with Gasteiger partial charge in [0.05, 0.1) is 27.4 Å². The van der Waals surface area contributed by atoms with Crippen molar-refractivity contribution < 1.29 is 19.7 Å². The van der Waals surface area contributed by atoms with E-state index in [0.29, 0.717) is 0 Å². The molecule has 0 rings (SSSR count). The molecule has 2 N–H and O–H groups in total. The Labute approximate surface area is 60.7 Å². The molecular weight excluding hydrogens is 136 g/mol. The second kappa shape index (κ2) is 15.7. The van der Waals surface area contributed by atoms with Crippen LogP contribution >= 0.6 is 0 Å².